The van der Waals surface area contributed by atoms with Gasteiger partial charge in [-0.25, -0.2) is 4.39 Å². The zero-order valence-corrected chi connectivity index (χ0v) is 22.4. The molecule has 2 aromatic rings. The van der Waals surface area contributed by atoms with Crippen molar-refractivity contribution >= 4 is 11.9 Å². The molecule has 0 amide bonds. The molecule has 1 N–H and O–H groups in total. The fourth-order valence-corrected chi connectivity index (χ4v) is 4.98. The van der Waals surface area contributed by atoms with E-state index in [1.807, 2.05) is 25.1 Å². The standard InChI is InChI=1S/C32H42FNO/c1-22(20-34-32(5,6)19-26-14-13-24(3)31(33)18-26)11-12-23(2)29-9-7-8-10-30(29)27-15-16-28(21-35)25(4)17-27/h9-10,13-18,21-23,34H,7-8,11-12,19-20H2,1-6H3. The second kappa shape index (κ2) is 11.9. The van der Waals surface area contributed by atoms with E-state index in [-0.39, 0.29) is 11.4 Å². The molecule has 0 fully saturated rings. The van der Waals surface area contributed by atoms with Gasteiger partial charge in [0.15, 0.2) is 0 Å². The number of allylic oxidation sites excluding steroid dienone is 4. The summed E-state index contributed by atoms with van der Waals surface area (Å²) in [5.41, 5.74) is 7.43. The number of carbonyl (C=O) groups is 1. The smallest absolute Gasteiger partial charge is 0.150 e. The van der Waals surface area contributed by atoms with E-state index in [0.29, 0.717) is 17.4 Å². The summed E-state index contributed by atoms with van der Waals surface area (Å²) in [5.74, 6) is 0.914. The molecule has 188 valence electrons. The van der Waals surface area contributed by atoms with Crippen LogP contribution in [0.1, 0.15) is 86.0 Å². The summed E-state index contributed by atoms with van der Waals surface area (Å²) in [7, 11) is 0. The molecule has 3 heteroatoms. The molecule has 2 atom stereocenters. The molecule has 0 heterocycles. The lowest BCUT2D eigenvalue weighted by atomic mass is 9.81. The van der Waals surface area contributed by atoms with Crippen molar-refractivity contribution in [3.05, 3.63) is 87.8 Å². The van der Waals surface area contributed by atoms with Gasteiger partial charge in [0, 0.05) is 11.1 Å². The lowest BCUT2D eigenvalue weighted by molar-refractivity contribution is 0.112. The molecule has 0 saturated carbocycles. The number of benzene rings is 2. The molecule has 2 nitrogen and oxygen atoms in total. The lowest BCUT2D eigenvalue weighted by Crippen LogP contribution is -2.43. The van der Waals surface area contributed by atoms with Gasteiger partial charge < -0.3 is 5.32 Å². The first-order valence-corrected chi connectivity index (χ1v) is 13.1. The Labute approximate surface area is 211 Å². The number of rotatable bonds is 11. The maximum atomic E-state index is 13.9. The average Bonchev–Trinajstić information content (AvgIpc) is 2.83. The van der Waals surface area contributed by atoms with Crippen LogP contribution < -0.4 is 5.32 Å². The Hall–Kier alpha value is -2.52. The highest BCUT2D eigenvalue weighted by atomic mass is 19.1. The number of aldehydes is 1. The van der Waals surface area contributed by atoms with Crippen LogP contribution in [0, 0.1) is 31.5 Å². The van der Waals surface area contributed by atoms with E-state index >= 15 is 0 Å². The molecule has 0 aromatic heterocycles. The third-order valence-corrected chi connectivity index (χ3v) is 7.33. The van der Waals surface area contributed by atoms with Crippen molar-refractivity contribution in [3.63, 3.8) is 0 Å². The highest BCUT2D eigenvalue weighted by Crippen LogP contribution is 2.36. The highest BCUT2D eigenvalue weighted by molar-refractivity contribution is 5.83. The number of halogens is 1. The Morgan fingerprint density at radius 3 is 2.43 bits per heavy atom. The first kappa shape index (κ1) is 27.1. The van der Waals surface area contributed by atoms with Crippen LogP contribution in [0.25, 0.3) is 5.57 Å². The zero-order chi connectivity index (χ0) is 25.6. The van der Waals surface area contributed by atoms with Crippen molar-refractivity contribution in [3.8, 4) is 0 Å². The second-order valence-electron chi connectivity index (χ2n) is 11.2. The predicted molar refractivity (Wildman–Crippen MR) is 146 cm³/mol. The van der Waals surface area contributed by atoms with Gasteiger partial charge in [0.25, 0.3) is 0 Å². The Kier molecular flexibility index (Phi) is 9.24. The van der Waals surface area contributed by atoms with Gasteiger partial charge >= 0.3 is 0 Å². The molecule has 0 bridgehead atoms. The Morgan fingerprint density at radius 2 is 1.74 bits per heavy atom. The van der Waals surface area contributed by atoms with E-state index in [0.717, 1.165) is 61.6 Å². The molecule has 2 aromatic carbocycles. The van der Waals surface area contributed by atoms with Crippen LogP contribution in [-0.2, 0) is 6.42 Å². The molecule has 0 saturated heterocycles. The predicted octanol–water partition coefficient (Wildman–Crippen LogP) is 8.02. The zero-order valence-electron chi connectivity index (χ0n) is 22.4. The van der Waals surface area contributed by atoms with E-state index < -0.39 is 0 Å². The molecule has 35 heavy (non-hydrogen) atoms. The van der Waals surface area contributed by atoms with Crippen LogP contribution in [0.15, 0.2) is 54.1 Å². The molecular formula is C32H42FNO. The number of nitrogens with one attached hydrogen (secondary N) is 1. The van der Waals surface area contributed by atoms with Crippen molar-refractivity contribution in [1.82, 2.24) is 5.32 Å². The number of carbonyl (C=O) groups excluding carboxylic acids is 1. The molecule has 0 aliphatic heterocycles. The van der Waals surface area contributed by atoms with Gasteiger partial charge in [0.05, 0.1) is 0 Å². The van der Waals surface area contributed by atoms with Gasteiger partial charge in [-0.1, -0.05) is 56.3 Å². The fourth-order valence-electron chi connectivity index (χ4n) is 4.98. The van der Waals surface area contributed by atoms with Gasteiger partial charge in [-0.2, -0.15) is 0 Å². The SMILES string of the molecule is Cc1ccc(CC(C)(C)NCC(C)CCC(C)C2=CCCC=C2c2ccc(C=O)c(C)c2)cc1F. The van der Waals surface area contributed by atoms with Gasteiger partial charge in [0.1, 0.15) is 12.1 Å². The van der Waals surface area contributed by atoms with Gasteiger partial charge in [0.2, 0.25) is 0 Å². The number of hydrogen-bond donors (Lipinski definition) is 1. The minimum atomic E-state index is -0.124. The molecule has 3 rings (SSSR count). The van der Waals surface area contributed by atoms with Gasteiger partial charge in [-0.3, -0.25) is 4.79 Å². The van der Waals surface area contributed by atoms with Crippen molar-refractivity contribution < 1.29 is 9.18 Å². The Bertz CT molecular complexity index is 1090. The highest BCUT2D eigenvalue weighted by Gasteiger charge is 2.21. The van der Waals surface area contributed by atoms with Crippen LogP contribution in [0.5, 0.6) is 0 Å². The van der Waals surface area contributed by atoms with E-state index in [9.17, 15) is 9.18 Å². The fraction of sp³-hybridized carbons (Fsp3) is 0.469. The van der Waals surface area contributed by atoms with E-state index in [1.165, 1.54) is 16.7 Å². The van der Waals surface area contributed by atoms with Crippen molar-refractivity contribution in [2.45, 2.75) is 79.2 Å². The Balaban J connectivity index is 1.54. The molecule has 0 spiro atoms. The first-order chi connectivity index (χ1) is 16.6. The summed E-state index contributed by atoms with van der Waals surface area (Å²) in [5, 5.41) is 3.72. The summed E-state index contributed by atoms with van der Waals surface area (Å²) >= 11 is 0. The normalized spacial score (nSPS) is 15.9. The van der Waals surface area contributed by atoms with Gasteiger partial charge in [-0.05, 0) is 118 Å². The second-order valence-corrected chi connectivity index (χ2v) is 11.2. The minimum Gasteiger partial charge on any atom is -0.311 e. The van der Waals surface area contributed by atoms with Crippen molar-refractivity contribution in [1.29, 1.82) is 0 Å². The third kappa shape index (κ3) is 7.48. The van der Waals surface area contributed by atoms with E-state index in [2.05, 4.69) is 57.3 Å². The monoisotopic (exact) mass is 475 g/mol. The molecular weight excluding hydrogens is 433 g/mol. The van der Waals surface area contributed by atoms with Crippen molar-refractivity contribution in [2.24, 2.45) is 11.8 Å². The quantitative estimate of drug-likeness (QED) is 0.333. The molecule has 1 aliphatic carbocycles. The van der Waals surface area contributed by atoms with Crippen LogP contribution in [0.3, 0.4) is 0 Å². The maximum absolute atomic E-state index is 13.9. The summed E-state index contributed by atoms with van der Waals surface area (Å²) in [6.07, 6.45) is 11.0. The Morgan fingerprint density at radius 1 is 1.00 bits per heavy atom. The van der Waals surface area contributed by atoms with E-state index in [1.54, 1.807) is 13.0 Å². The summed E-state index contributed by atoms with van der Waals surface area (Å²) in [6, 6.07) is 11.7. The number of hydrogen-bond acceptors (Lipinski definition) is 2. The van der Waals surface area contributed by atoms with E-state index in [4.69, 9.17) is 0 Å². The third-order valence-electron chi connectivity index (χ3n) is 7.33. The largest absolute Gasteiger partial charge is 0.311 e. The minimum absolute atomic E-state index is 0.0884. The van der Waals surface area contributed by atoms with Gasteiger partial charge in [-0.15, -0.1) is 0 Å². The van der Waals surface area contributed by atoms with Crippen LogP contribution >= 0.6 is 0 Å². The number of aryl methyl sites for hydroxylation is 2. The molecule has 2 unspecified atom stereocenters. The van der Waals surface area contributed by atoms with Crippen molar-refractivity contribution in [2.75, 3.05) is 6.54 Å². The summed E-state index contributed by atoms with van der Waals surface area (Å²) in [4.78, 5) is 11.2. The molecule has 1 aliphatic rings. The topological polar surface area (TPSA) is 29.1 Å². The average molecular weight is 476 g/mol. The van der Waals surface area contributed by atoms with Crippen LogP contribution in [-0.4, -0.2) is 18.4 Å². The summed E-state index contributed by atoms with van der Waals surface area (Å²) in [6.45, 7) is 13.8. The summed E-state index contributed by atoms with van der Waals surface area (Å²) < 4.78 is 13.9. The molecule has 0 radical (unpaired) electrons. The van der Waals surface area contributed by atoms with Crippen LogP contribution in [0.2, 0.25) is 0 Å². The first-order valence-electron chi connectivity index (χ1n) is 13.1. The lowest BCUT2D eigenvalue weighted by Gasteiger charge is -2.29. The van der Waals surface area contributed by atoms with Crippen LogP contribution in [0.4, 0.5) is 4.39 Å². The maximum Gasteiger partial charge on any atom is 0.150 e.